The standard InChI is InChI=1S/C11H22N/c1-2-3-4-10-5-7-11(9-12)8-6-10/h10-11H,1-9,12H2. The van der Waals surface area contributed by atoms with Crippen molar-refractivity contribution in [3.63, 3.8) is 0 Å². The van der Waals surface area contributed by atoms with Gasteiger partial charge >= 0.3 is 0 Å². The number of hydrogen-bond acceptors (Lipinski definition) is 1. The highest BCUT2D eigenvalue weighted by atomic mass is 14.5. The Bertz CT molecular complexity index is 104. The third kappa shape index (κ3) is 3.14. The highest BCUT2D eigenvalue weighted by molar-refractivity contribution is 4.72. The lowest BCUT2D eigenvalue weighted by atomic mass is 9.80. The Labute approximate surface area is 76.7 Å². The first-order valence-electron chi connectivity index (χ1n) is 5.36. The average molecular weight is 168 g/mol. The lowest BCUT2D eigenvalue weighted by Gasteiger charge is -2.27. The van der Waals surface area contributed by atoms with Crippen molar-refractivity contribution < 1.29 is 0 Å². The Morgan fingerprint density at radius 3 is 2.17 bits per heavy atom. The van der Waals surface area contributed by atoms with E-state index in [1.165, 1.54) is 38.5 Å². The van der Waals surface area contributed by atoms with Gasteiger partial charge in [-0.15, -0.1) is 0 Å². The van der Waals surface area contributed by atoms with Crippen molar-refractivity contribution in [2.45, 2.75) is 44.9 Å². The van der Waals surface area contributed by atoms with Crippen LogP contribution in [0.1, 0.15) is 44.9 Å². The van der Waals surface area contributed by atoms with Crippen LogP contribution in [0.3, 0.4) is 0 Å². The predicted molar refractivity (Wildman–Crippen MR) is 53.7 cm³/mol. The Balaban J connectivity index is 2.09. The minimum atomic E-state index is 0.834. The zero-order chi connectivity index (χ0) is 8.81. The molecule has 0 aromatic carbocycles. The summed E-state index contributed by atoms with van der Waals surface area (Å²) in [5.74, 6) is 1.83. The monoisotopic (exact) mass is 168 g/mol. The maximum atomic E-state index is 5.64. The van der Waals surface area contributed by atoms with Crippen LogP contribution in [0.25, 0.3) is 0 Å². The molecule has 1 aliphatic carbocycles. The van der Waals surface area contributed by atoms with Crippen molar-refractivity contribution in [1.29, 1.82) is 0 Å². The lowest BCUT2D eigenvalue weighted by Crippen LogP contribution is -2.21. The maximum absolute atomic E-state index is 5.64. The second-order valence-electron chi connectivity index (χ2n) is 4.12. The van der Waals surface area contributed by atoms with E-state index in [4.69, 9.17) is 5.73 Å². The van der Waals surface area contributed by atoms with Gasteiger partial charge in [0, 0.05) is 0 Å². The summed E-state index contributed by atoms with van der Waals surface area (Å²) in [4.78, 5) is 0. The second kappa shape index (κ2) is 5.58. The summed E-state index contributed by atoms with van der Waals surface area (Å²) >= 11 is 0. The molecule has 0 unspecified atom stereocenters. The quantitative estimate of drug-likeness (QED) is 0.686. The van der Waals surface area contributed by atoms with Crippen LogP contribution in [0, 0.1) is 18.8 Å². The average Bonchev–Trinajstić information content (AvgIpc) is 2.15. The van der Waals surface area contributed by atoms with Gasteiger partial charge in [0.2, 0.25) is 0 Å². The molecule has 1 saturated carbocycles. The lowest BCUT2D eigenvalue weighted by molar-refractivity contribution is 0.265. The molecule has 0 heterocycles. The molecule has 0 aromatic heterocycles. The van der Waals surface area contributed by atoms with Gasteiger partial charge in [0.15, 0.2) is 0 Å². The first-order valence-corrected chi connectivity index (χ1v) is 5.36. The zero-order valence-electron chi connectivity index (χ0n) is 8.10. The van der Waals surface area contributed by atoms with Crippen molar-refractivity contribution in [1.82, 2.24) is 0 Å². The molecule has 12 heavy (non-hydrogen) atoms. The summed E-state index contributed by atoms with van der Waals surface area (Å²) < 4.78 is 0. The second-order valence-corrected chi connectivity index (χ2v) is 4.12. The van der Waals surface area contributed by atoms with Gasteiger partial charge in [-0.1, -0.05) is 39.0 Å². The molecule has 1 fully saturated rings. The highest BCUT2D eigenvalue weighted by Crippen LogP contribution is 2.30. The minimum absolute atomic E-state index is 0.834. The van der Waals surface area contributed by atoms with Crippen LogP contribution in [0.4, 0.5) is 0 Å². The molecular weight excluding hydrogens is 146 g/mol. The fraction of sp³-hybridized carbons (Fsp3) is 0.909. The fourth-order valence-electron chi connectivity index (χ4n) is 2.19. The van der Waals surface area contributed by atoms with Crippen LogP contribution < -0.4 is 5.73 Å². The Morgan fingerprint density at radius 2 is 1.67 bits per heavy atom. The first kappa shape index (κ1) is 10.0. The van der Waals surface area contributed by atoms with Crippen molar-refractivity contribution in [2.75, 3.05) is 6.54 Å². The molecule has 1 aliphatic rings. The molecule has 1 rings (SSSR count). The smallest absolute Gasteiger partial charge is 0.00489 e. The normalized spacial score (nSPS) is 30.5. The SMILES string of the molecule is [CH2]CCCC1CCC(CN)CC1. The van der Waals surface area contributed by atoms with Crippen LogP contribution in [-0.4, -0.2) is 6.54 Å². The van der Waals surface area contributed by atoms with E-state index in [2.05, 4.69) is 6.92 Å². The number of hydrogen-bond donors (Lipinski definition) is 1. The minimum Gasteiger partial charge on any atom is -0.330 e. The molecule has 0 spiro atoms. The molecule has 1 nitrogen and oxygen atoms in total. The number of rotatable bonds is 4. The summed E-state index contributed by atoms with van der Waals surface area (Å²) in [5, 5.41) is 0. The van der Waals surface area contributed by atoms with E-state index >= 15 is 0 Å². The molecule has 0 saturated heterocycles. The van der Waals surface area contributed by atoms with Crippen LogP contribution in [0.15, 0.2) is 0 Å². The van der Waals surface area contributed by atoms with Crippen LogP contribution >= 0.6 is 0 Å². The van der Waals surface area contributed by atoms with Gasteiger partial charge in [-0.25, -0.2) is 0 Å². The number of unbranched alkanes of at least 4 members (excludes halogenated alkanes) is 1. The van der Waals surface area contributed by atoms with E-state index in [0.717, 1.165) is 24.8 Å². The number of nitrogens with two attached hydrogens (primary N) is 1. The summed E-state index contributed by atoms with van der Waals surface area (Å²) in [6, 6.07) is 0. The maximum Gasteiger partial charge on any atom is -0.00489 e. The van der Waals surface area contributed by atoms with Crippen LogP contribution in [-0.2, 0) is 0 Å². The summed E-state index contributed by atoms with van der Waals surface area (Å²) in [7, 11) is 0. The van der Waals surface area contributed by atoms with E-state index < -0.39 is 0 Å². The third-order valence-electron chi connectivity index (χ3n) is 3.16. The molecule has 2 N–H and O–H groups in total. The Hall–Kier alpha value is -0.0400. The highest BCUT2D eigenvalue weighted by Gasteiger charge is 2.19. The van der Waals surface area contributed by atoms with Crippen molar-refractivity contribution in [2.24, 2.45) is 17.6 Å². The molecule has 71 valence electrons. The van der Waals surface area contributed by atoms with E-state index in [1.54, 1.807) is 0 Å². The van der Waals surface area contributed by atoms with Crippen molar-refractivity contribution in [3.8, 4) is 0 Å². The molecular formula is C11H22N. The molecule has 0 bridgehead atoms. The van der Waals surface area contributed by atoms with Gasteiger partial charge in [0.1, 0.15) is 0 Å². The van der Waals surface area contributed by atoms with E-state index in [0.29, 0.717) is 0 Å². The van der Waals surface area contributed by atoms with Gasteiger partial charge in [0.05, 0.1) is 0 Å². The molecule has 0 aromatic rings. The Kier molecular flexibility index (Phi) is 4.67. The van der Waals surface area contributed by atoms with Crippen molar-refractivity contribution >= 4 is 0 Å². The van der Waals surface area contributed by atoms with Crippen LogP contribution in [0.2, 0.25) is 0 Å². The van der Waals surface area contributed by atoms with Gasteiger partial charge in [-0.2, -0.15) is 0 Å². The fourth-order valence-corrected chi connectivity index (χ4v) is 2.19. The molecule has 0 aliphatic heterocycles. The van der Waals surface area contributed by atoms with E-state index in [1.807, 2.05) is 0 Å². The molecule has 0 amide bonds. The summed E-state index contributed by atoms with van der Waals surface area (Å²) in [6.07, 6.45) is 9.41. The summed E-state index contributed by atoms with van der Waals surface area (Å²) in [5.41, 5.74) is 5.64. The Morgan fingerprint density at radius 1 is 1.08 bits per heavy atom. The topological polar surface area (TPSA) is 26.0 Å². The van der Waals surface area contributed by atoms with Crippen molar-refractivity contribution in [3.05, 3.63) is 6.92 Å². The first-order chi connectivity index (χ1) is 5.86. The summed E-state index contributed by atoms with van der Waals surface area (Å²) in [6.45, 7) is 4.79. The molecule has 1 heteroatoms. The van der Waals surface area contributed by atoms with Crippen LogP contribution in [0.5, 0.6) is 0 Å². The molecule has 1 radical (unpaired) electrons. The molecule has 0 atom stereocenters. The van der Waals surface area contributed by atoms with Gasteiger partial charge in [-0.3, -0.25) is 0 Å². The zero-order valence-corrected chi connectivity index (χ0v) is 8.10. The van der Waals surface area contributed by atoms with E-state index in [9.17, 15) is 0 Å². The van der Waals surface area contributed by atoms with E-state index in [-0.39, 0.29) is 0 Å². The van der Waals surface area contributed by atoms with Gasteiger partial charge in [-0.05, 0) is 31.2 Å². The van der Waals surface area contributed by atoms with Gasteiger partial charge < -0.3 is 5.73 Å². The third-order valence-corrected chi connectivity index (χ3v) is 3.16. The predicted octanol–water partition coefficient (Wildman–Crippen LogP) is 2.76. The van der Waals surface area contributed by atoms with Gasteiger partial charge in [0.25, 0.3) is 0 Å². The largest absolute Gasteiger partial charge is 0.330 e.